The van der Waals surface area contributed by atoms with Gasteiger partial charge in [-0.3, -0.25) is 14.1 Å². The Hall–Kier alpha value is -2.37. The molecule has 5 N–H and O–H groups in total. The van der Waals surface area contributed by atoms with E-state index in [1.165, 1.54) is 70.3 Å². The molecular weight excluding hydrogens is 687 g/mol. The highest BCUT2D eigenvalue weighted by Gasteiger charge is 2.23. The number of ether oxygens (including phenoxy) is 2. The van der Waals surface area contributed by atoms with E-state index in [9.17, 15) is 29.5 Å². The second-order valence-corrected chi connectivity index (χ2v) is 14.3. The minimum atomic E-state index is -4.83. The van der Waals surface area contributed by atoms with Gasteiger partial charge in [-0.15, -0.1) is 0 Å². The van der Waals surface area contributed by atoms with Crippen molar-refractivity contribution >= 4 is 19.8 Å². The van der Waals surface area contributed by atoms with Gasteiger partial charge in [0.2, 0.25) is 0 Å². The number of carbonyl (C=O) groups is 2. The molecule has 0 heterocycles. The van der Waals surface area contributed by atoms with Crippen LogP contribution in [0.25, 0.3) is 0 Å². The zero-order valence-corrected chi connectivity index (χ0v) is 32.7. The van der Waals surface area contributed by atoms with E-state index in [0.717, 1.165) is 25.7 Å². The first-order valence-corrected chi connectivity index (χ1v) is 20.9. The average molecular weight is 757 g/mol. The van der Waals surface area contributed by atoms with Gasteiger partial charge < -0.3 is 34.6 Å². The Labute approximate surface area is 313 Å². The minimum Gasteiger partial charge on any atom is -0.462 e. The Bertz CT molecular complexity index is 1080. The summed E-state index contributed by atoms with van der Waals surface area (Å²) in [5.74, 6) is -1.22. The molecule has 11 nitrogen and oxygen atoms in total. The van der Waals surface area contributed by atoms with Gasteiger partial charge in [-0.2, -0.15) is 0 Å². The van der Waals surface area contributed by atoms with Crippen molar-refractivity contribution in [3.63, 3.8) is 0 Å². The summed E-state index contributed by atoms with van der Waals surface area (Å²) in [5.41, 5.74) is 0. The second-order valence-electron chi connectivity index (χ2n) is 13.1. The van der Waals surface area contributed by atoms with Gasteiger partial charge in [-0.25, -0.2) is 4.57 Å². The third kappa shape index (κ3) is 34.7. The molecule has 0 amide bonds. The Morgan fingerprint density at radius 1 is 0.635 bits per heavy atom. The van der Waals surface area contributed by atoms with E-state index in [4.69, 9.17) is 19.3 Å². The van der Waals surface area contributed by atoms with Crippen LogP contribution in [-0.4, -0.2) is 74.7 Å². The molecule has 52 heavy (non-hydrogen) atoms. The van der Waals surface area contributed by atoms with Gasteiger partial charge in [0, 0.05) is 12.8 Å². The van der Waals surface area contributed by atoms with Gasteiger partial charge in [-0.1, -0.05) is 158 Å². The molecule has 0 saturated heterocycles. The molecule has 0 spiro atoms. The Kier molecular flexibility index (Phi) is 32.8. The molecule has 12 heteroatoms. The van der Waals surface area contributed by atoms with Crippen LogP contribution >= 0.6 is 7.82 Å². The number of aliphatic hydroxyl groups is 3. The number of esters is 2. The maximum Gasteiger partial charge on any atom is 0.469 e. The van der Waals surface area contributed by atoms with Gasteiger partial charge in [-0.05, 0) is 32.1 Å². The Morgan fingerprint density at radius 2 is 1.15 bits per heavy atom. The molecule has 0 rings (SSSR count). The summed E-state index contributed by atoms with van der Waals surface area (Å²) in [7, 11) is -4.83. The van der Waals surface area contributed by atoms with E-state index < -0.39 is 57.4 Å². The minimum absolute atomic E-state index is 0.0889. The average Bonchev–Trinajstić information content (AvgIpc) is 3.10. The number of rotatable bonds is 34. The van der Waals surface area contributed by atoms with Crippen molar-refractivity contribution in [2.75, 3.05) is 13.2 Å². The van der Waals surface area contributed by atoms with Crippen molar-refractivity contribution in [3.8, 4) is 0 Å². The molecule has 0 unspecified atom stereocenters. The normalized spacial score (nSPS) is 15.0. The molecule has 0 aromatic rings. The standard InChI is InChI=1S/C40H69O11P/c1-3-5-7-8-9-10-11-12-13-14-15-16-21-25-31-40(45)51-36(34-50-52(46,47)48)33-49-39(44)32-26-30-38(43)37(42)29-24-20-18-17-19-23-28-35(41)27-22-6-4-2/h6,17-20,22-24,28-29,35-38,41-43H,3-5,7-16,21,25-27,30-34H2,1-2H3,(H2,46,47,48)/b19-17+,20-18-,22-6-,28-23+,29-24-/t35-,36-,37+,38+/m1/s1. The van der Waals surface area contributed by atoms with Crippen LogP contribution in [-0.2, 0) is 28.2 Å². The third-order valence-corrected chi connectivity index (χ3v) is 8.63. The summed E-state index contributed by atoms with van der Waals surface area (Å²) in [6, 6.07) is 0. The molecule has 4 atom stereocenters. The molecule has 0 fully saturated rings. The summed E-state index contributed by atoms with van der Waals surface area (Å²) in [6.45, 7) is 3.18. The van der Waals surface area contributed by atoms with E-state index in [0.29, 0.717) is 12.8 Å². The smallest absolute Gasteiger partial charge is 0.462 e. The number of phosphoric acid groups is 1. The van der Waals surface area contributed by atoms with E-state index in [-0.39, 0.29) is 25.7 Å². The van der Waals surface area contributed by atoms with Crippen molar-refractivity contribution in [2.45, 2.75) is 167 Å². The van der Waals surface area contributed by atoms with Crippen molar-refractivity contribution in [1.29, 1.82) is 0 Å². The van der Waals surface area contributed by atoms with Crippen LogP contribution in [0.4, 0.5) is 0 Å². The molecule has 0 aromatic carbocycles. The van der Waals surface area contributed by atoms with Gasteiger partial charge in [0.15, 0.2) is 6.10 Å². The molecule has 0 aromatic heterocycles. The molecule has 0 aliphatic carbocycles. The van der Waals surface area contributed by atoms with Crippen LogP contribution in [0.1, 0.15) is 142 Å². The molecule has 0 aliphatic rings. The molecule has 0 radical (unpaired) electrons. The highest BCUT2D eigenvalue weighted by molar-refractivity contribution is 7.46. The highest BCUT2D eigenvalue weighted by atomic mass is 31.2. The first-order chi connectivity index (χ1) is 25.0. The molecule has 0 saturated carbocycles. The lowest BCUT2D eigenvalue weighted by atomic mass is 10.0. The monoisotopic (exact) mass is 756 g/mol. The van der Waals surface area contributed by atoms with Crippen molar-refractivity contribution in [1.82, 2.24) is 0 Å². The Balaban J connectivity index is 4.31. The fourth-order valence-electron chi connectivity index (χ4n) is 5.13. The maximum atomic E-state index is 12.4. The number of unbranched alkanes of at least 4 members (excludes halogenated alkanes) is 13. The number of phosphoric ester groups is 1. The van der Waals surface area contributed by atoms with E-state index >= 15 is 0 Å². The largest absolute Gasteiger partial charge is 0.469 e. The molecular formula is C40H69O11P. The van der Waals surface area contributed by atoms with Crippen LogP contribution in [0.2, 0.25) is 0 Å². The molecule has 300 valence electrons. The summed E-state index contributed by atoms with van der Waals surface area (Å²) in [5, 5.41) is 30.2. The van der Waals surface area contributed by atoms with Gasteiger partial charge in [0.25, 0.3) is 0 Å². The van der Waals surface area contributed by atoms with E-state index in [1.54, 1.807) is 42.5 Å². The highest BCUT2D eigenvalue weighted by Crippen LogP contribution is 2.36. The number of hydrogen-bond acceptors (Lipinski definition) is 9. The van der Waals surface area contributed by atoms with Crippen LogP contribution in [0.3, 0.4) is 0 Å². The zero-order valence-electron chi connectivity index (χ0n) is 31.8. The lowest BCUT2D eigenvalue weighted by Crippen LogP contribution is -2.29. The number of carbonyl (C=O) groups excluding carboxylic acids is 2. The lowest BCUT2D eigenvalue weighted by molar-refractivity contribution is -0.161. The summed E-state index contributed by atoms with van der Waals surface area (Å²) >= 11 is 0. The van der Waals surface area contributed by atoms with Crippen molar-refractivity contribution in [2.24, 2.45) is 0 Å². The van der Waals surface area contributed by atoms with E-state index in [1.807, 2.05) is 19.1 Å². The van der Waals surface area contributed by atoms with Crippen molar-refractivity contribution < 1.29 is 53.3 Å². The van der Waals surface area contributed by atoms with Crippen molar-refractivity contribution in [3.05, 3.63) is 60.8 Å². The first kappa shape index (κ1) is 49.6. The second kappa shape index (κ2) is 34.4. The van der Waals surface area contributed by atoms with Crippen LogP contribution in [0.5, 0.6) is 0 Å². The maximum absolute atomic E-state index is 12.4. The summed E-state index contributed by atoms with van der Waals surface area (Å²) in [4.78, 5) is 42.8. The van der Waals surface area contributed by atoms with Gasteiger partial charge in [0.05, 0.1) is 24.9 Å². The van der Waals surface area contributed by atoms with Crippen LogP contribution in [0.15, 0.2) is 60.8 Å². The number of hydrogen-bond donors (Lipinski definition) is 5. The Morgan fingerprint density at radius 3 is 1.71 bits per heavy atom. The fraction of sp³-hybridized carbons (Fsp3) is 0.700. The fourth-order valence-corrected chi connectivity index (χ4v) is 5.49. The number of allylic oxidation sites excluding steroid dienone is 7. The third-order valence-electron chi connectivity index (χ3n) is 8.14. The predicted octanol–water partition coefficient (Wildman–Crippen LogP) is 8.26. The topological polar surface area (TPSA) is 180 Å². The summed E-state index contributed by atoms with van der Waals surface area (Å²) in [6.07, 6.45) is 31.8. The number of aliphatic hydroxyl groups excluding tert-OH is 3. The SMILES string of the molecule is CC/C=C\C[C@@H](O)/C=C/C=C/C=C\C=C/[C@H](O)[C@@H](O)CCCC(=O)OC[C@H](COP(=O)(O)O)OC(=O)CCCCCCCCCCCCCCCC. The summed E-state index contributed by atoms with van der Waals surface area (Å²) < 4.78 is 26.1. The van der Waals surface area contributed by atoms with E-state index in [2.05, 4.69) is 11.4 Å². The van der Waals surface area contributed by atoms with Crippen LogP contribution < -0.4 is 0 Å². The van der Waals surface area contributed by atoms with Crippen LogP contribution in [0, 0.1) is 0 Å². The van der Waals surface area contributed by atoms with Gasteiger partial charge >= 0.3 is 19.8 Å². The predicted molar refractivity (Wildman–Crippen MR) is 206 cm³/mol. The first-order valence-electron chi connectivity index (χ1n) is 19.4. The lowest BCUT2D eigenvalue weighted by Gasteiger charge is -2.18. The quantitative estimate of drug-likeness (QED) is 0.0140. The zero-order chi connectivity index (χ0) is 38.7. The van der Waals surface area contributed by atoms with Gasteiger partial charge in [0.1, 0.15) is 6.61 Å². The molecule has 0 aliphatic heterocycles. The molecule has 0 bridgehead atoms.